The van der Waals surface area contributed by atoms with E-state index in [1.165, 1.54) is 36.0 Å². The molecule has 1 aromatic heterocycles. The van der Waals surface area contributed by atoms with E-state index in [-0.39, 0.29) is 17.1 Å². The van der Waals surface area contributed by atoms with E-state index < -0.39 is 11.6 Å². The summed E-state index contributed by atoms with van der Waals surface area (Å²) in [6.45, 7) is 1.87. The van der Waals surface area contributed by atoms with Gasteiger partial charge in [0.2, 0.25) is 0 Å². The van der Waals surface area contributed by atoms with Gasteiger partial charge in [-0.2, -0.15) is 0 Å². The Balaban J connectivity index is 1.71. The molecule has 0 aliphatic heterocycles. The molecule has 9 heteroatoms. The van der Waals surface area contributed by atoms with Crippen molar-refractivity contribution in [3.63, 3.8) is 0 Å². The van der Waals surface area contributed by atoms with Crippen LogP contribution in [-0.4, -0.2) is 30.8 Å². The maximum absolute atomic E-state index is 14.8. The van der Waals surface area contributed by atoms with Gasteiger partial charge < -0.3 is 14.4 Å². The van der Waals surface area contributed by atoms with Crippen LogP contribution in [0, 0.1) is 29.3 Å². The molecule has 0 unspecified atom stereocenters. The molecular weight excluding hydrogens is 511 g/mol. The van der Waals surface area contributed by atoms with Crippen molar-refractivity contribution in [2.45, 2.75) is 24.3 Å². The first-order chi connectivity index (χ1) is 18.4. The number of anilines is 2. The van der Waals surface area contributed by atoms with Crippen molar-refractivity contribution < 1.29 is 22.6 Å². The van der Waals surface area contributed by atoms with Gasteiger partial charge in [-0.15, -0.1) is 0 Å². The third kappa shape index (κ3) is 5.76. The van der Waals surface area contributed by atoms with Gasteiger partial charge in [0.05, 0.1) is 20.4 Å². The number of nitrogens with zero attached hydrogens (tertiary/aromatic N) is 3. The zero-order chi connectivity index (χ0) is 27.2. The second-order valence-electron chi connectivity index (χ2n) is 8.17. The van der Waals surface area contributed by atoms with Crippen molar-refractivity contribution in [1.29, 1.82) is 0 Å². The predicted molar refractivity (Wildman–Crippen MR) is 144 cm³/mol. The SMILES string of the molecule is CCC#Cc1cc(F)c(CSc2ncc(N(C)c3ccc(OC)c(OC)c3)n2-c2ccc(F)cc2)c(F)c1. The van der Waals surface area contributed by atoms with Gasteiger partial charge in [0.25, 0.3) is 0 Å². The zero-order valence-electron chi connectivity index (χ0n) is 21.4. The first kappa shape index (κ1) is 27.0. The van der Waals surface area contributed by atoms with Crippen molar-refractivity contribution in [2.24, 2.45) is 0 Å². The standard InChI is InChI=1S/C29H26F3N3O2S/c1-5-6-7-19-14-24(31)23(25(32)15-19)18-38-29-33-17-28(35(29)21-10-8-20(30)9-11-21)34(2)22-12-13-26(36-3)27(16-22)37-4/h8-17H,5,18H2,1-4H3. The van der Waals surface area contributed by atoms with Gasteiger partial charge in [0.15, 0.2) is 16.7 Å². The van der Waals surface area contributed by atoms with Gasteiger partial charge in [0.1, 0.15) is 23.3 Å². The lowest BCUT2D eigenvalue weighted by molar-refractivity contribution is 0.355. The summed E-state index contributed by atoms with van der Waals surface area (Å²) in [5.41, 5.74) is 1.64. The Kier molecular flexibility index (Phi) is 8.54. The molecule has 0 atom stereocenters. The van der Waals surface area contributed by atoms with E-state index >= 15 is 0 Å². The fraction of sp³-hybridized carbons (Fsp3) is 0.207. The predicted octanol–water partition coefficient (Wildman–Crippen LogP) is 7.13. The average Bonchev–Trinajstić information content (AvgIpc) is 3.34. The number of aromatic nitrogens is 2. The van der Waals surface area contributed by atoms with E-state index in [1.54, 1.807) is 43.2 Å². The summed E-state index contributed by atoms with van der Waals surface area (Å²) >= 11 is 1.17. The molecule has 0 radical (unpaired) electrons. The van der Waals surface area contributed by atoms with Gasteiger partial charge in [-0.3, -0.25) is 4.57 Å². The summed E-state index contributed by atoms with van der Waals surface area (Å²) in [6, 6.07) is 13.9. The first-order valence-corrected chi connectivity index (χ1v) is 12.7. The number of methoxy groups -OCH3 is 2. The lowest BCUT2D eigenvalue weighted by atomic mass is 10.1. The summed E-state index contributed by atoms with van der Waals surface area (Å²) in [5, 5.41) is 0.479. The molecule has 38 heavy (non-hydrogen) atoms. The van der Waals surface area contributed by atoms with Crippen molar-refractivity contribution in [1.82, 2.24) is 9.55 Å². The van der Waals surface area contributed by atoms with Crippen molar-refractivity contribution in [2.75, 3.05) is 26.2 Å². The quantitative estimate of drug-likeness (QED) is 0.177. The Morgan fingerprint density at radius 2 is 1.63 bits per heavy atom. The molecule has 0 aliphatic rings. The number of thioether (sulfide) groups is 1. The summed E-state index contributed by atoms with van der Waals surface area (Å²) in [5.74, 6) is 5.64. The smallest absolute Gasteiger partial charge is 0.174 e. The van der Waals surface area contributed by atoms with Gasteiger partial charge >= 0.3 is 0 Å². The van der Waals surface area contributed by atoms with E-state index in [9.17, 15) is 13.2 Å². The maximum Gasteiger partial charge on any atom is 0.174 e. The largest absolute Gasteiger partial charge is 0.493 e. The summed E-state index contributed by atoms with van der Waals surface area (Å²) in [4.78, 5) is 6.42. The van der Waals surface area contributed by atoms with Crippen LogP contribution in [0.5, 0.6) is 11.5 Å². The third-order valence-corrected chi connectivity index (χ3v) is 6.77. The number of halogens is 3. The summed E-state index contributed by atoms with van der Waals surface area (Å²) in [7, 11) is 4.97. The van der Waals surface area contributed by atoms with Crippen LogP contribution in [-0.2, 0) is 5.75 Å². The number of imidazole rings is 1. The van der Waals surface area contributed by atoms with Crippen molar-refractivity contribution in [3.8, 4) is 29.0 Å². The third-order valence-electron chi connectivity index (χ3n) is 5.79. The minimum absolute atomic E-state index is 0.00310. The molecule has 4 aromatic rings. The fourth-order valence-corrected chi connectivity index (χ4v) is 4.81. The first-order valence-electron chi connectivity index (χ1n) is 11.7. The number of benzene rings is 3. The Morgan fingerprint density at radius 1 is 0.947 bits per heavy atom. The highest BCUT2D eigenvalue weighted by atomic mass is 32.2. The van der Waals surface area contributed by atoms with Crippen LogP contribution in [0.1, 0.15) is 24.5 Å². The van der Waals surface area contributed by atoms with Crippen molar-refractivity contribution >= 4 is 23.3 Å². The minimum atomic E-state index is -0.666. The molecular formula is C29H26F3N3O2S. The van der Waals surface area contributed by atoms with Crippen molar-refractivity contribution in [3.05, 3.63) is 89.4 Å². The highest BCUT2D eigenvalue weighted by Crippen LogP contribution is 2.37. The van der Waals surface area contributed by atoms with Crippen LogP contribution in [0.25, 0.3) is 5.69 Å². The van der Waals surface area contributed by atoms with Crippen LogP contribution in [0.4, 0.5) is 24.7 Å². The molecule has 5 nitrogen and oxygen atoms in total. The Hall–Kier alpha value is -4.03. The lowest BCUT2D eigenvalue weighted by Crippen LogP contribution is -2.14. The number of ether oxygens (including phenoxy) is 2. The van der Waals surface area contributed by atoms with Gasteiger partial charge in [0, 0.05) is 47.8 Å². The number of rotatable bonds is 8. The monoisotopic (exact) mass is 537 g/mol. The zero-order valence-corrected chi connectivity index (χ0v) is 22.2. The molecule has 0 spiro atoms. The highest BCUT2D eigenvalue weighted by molar-refractivity contribution is 7.98. The average molecular weight is 538 g/mol. The van der Waals surface area contributed by atoms with Gasteiger partial charge in [-0.25, -0.2) is 18.2 Å². The van der Waals surface area contributed by atoms with E-state index in [0.717, 1.165) is 5.69 Å². The molecule has 0 saturated heterocycles. The lowest BCUT2D eigenvalue weighted by Gasteiger charge is -2.23. The van der Waals surface area contributed by atoms with Crippen LogP contribution in [0.2, 0.25) is 0 Å². The molecule has 4 rings (SSSR count). The van der Waals surface area contributed by atoms with E-state index in [4.69, 9.17) is 9.47 Å². The van der Waals surface area contributed by atoms with Crippen LogP contribution in [0.15, 0.2) is 66.0 Å². The molecule has 0 aliphatic carbocycles. The molecule has 1 heterocycles. The van der Waals surface area contributed by atoms with Crippen LogP contribution >= 0.6 is 11.8 Å². The van der Waals surface area contributed by atoms with Crippen LogP contribution in [0.3, 0.4) is 0 Å². The van der Waals surface area contributed by atoms with Gasteiger partial charge in [-0.05, 0) is 48.5 Å². The molecule has 0 fully saturated rings. The Bertz CT molecular complexity index is 1470. The molecule has 0 bridgehead atoms. The minimum Gasteiger partial charge on any atom is -0.493 e. The molecule has 196 valence electrons. The second-order valence-corrected chi connectivity index (χ2v) is 9.11. The summed E-state index contributed by atoms with van der Waals surface area (Å²) in [6.07, 6.45) is 2.24. The Labute approximate surface area is 224 Å². The maximum atomic E-state index is 14.8. The van der Waals surface area contributed by atoms with Gasteiger partial charge in [-0.1, -0.05) is 30.5 Å². The van der Waals surface area contributed by atoms with E-state index in [0.29, 0.717) is 40.1 Å². The molecule has 0 saturated carbocycles. The number of hydrogen-bond acceptors (Lipinski definition) is 5. The normalized spacial score (nSPS) is 10.6. The topological polar surface area (TPSA) is 39.5 Å². The molecule has 3 aromatic carbocycles. The fourth-order valence-electron chi connectivity index (χ4n) is 3.80. The summed E-state index contributed by atoms with van der Waals surface area (Å²) < 4.78 is 55.8. The second kappa shape index (κ2) is 12.0. The Morgan fingerprint density at radius 3 is 2.26 bits per heavy atom. The molecule has 0 amide bonds. The highest BCUT2D eigenvalue weighted by Gasteiger charge is 2.20. The van der Waals surface area contributed by atoms with Crippen LogP contribution < -0.4 is 14.4 Å². The number of hydrogen-bond donors (Lipinski definition) is 0. The molecule has 0 N–H and O–H groups in total. The van der Waals surface area contributed by atoms with E-state index in [1.807, 2.05) is 31.0 Å². The van der Waals surface area contributed by atoms with E-state index in [2.05, 4.69) is 16.8 Å².